The van der Waals surface area contributed by atoms with Crippen molar-refractivity contribution in [2.45, 2.75) is 26.4 Å². The highest BCUT2D eigenvalue weighted by Gasteiger charge is 2.23. The van der Waals surface area contributed by atoms with Crippen molar-refractivity contribution in [3.63, 3.8) is 0 Å². The Morgan fingerprint density at radius 3 is 2.91 bits per heavy atom. The fraction of sp³-hybridized carbons (Fsp3) is 0.875. The summed E-state index contributed by atoms with van der Waals surface area (Å²) in [5, 5.41) is 0. The molecule has 1 saturated heterocycles. The average Bonchev–Trinajstić information content (AvgIpc) is 2.37. The molecule has 0 aliphatic carbocycles. The zero-order chi connectivity index (χ0) is 8.27. The molecule has 1 atom stereocenters. The lowest BCUT2D eigenvalue weighted by Crippen LogP contribution is -2.27. The van der Waals surface area contributed by atoms with Gasteiger partial charge in [-0.25, -0.2) is 0 Å². The van der Waals surface area contributed by atoms with Crippen LogP contribution in [0.4, 0.5) is 0 Å². The minimum atomic E-state index is 0.159. The van der Waals surface area contributed by atoms with Crippen LogP contribution >= 0.6 is 0 Å². The number of likely N-dealkylation sites (tertiary alicyclic amines) is 1. The Bertz CT molecular complexity index is 147. The summed E-state index contributed by atoms with van der Waals surface area (Å²) >= 11 is 0. The second-order valence-corrected chi connectivity index (χ2v) is 2.83. The topological polar surface area (TPSA) is 29.5 Å². The van der Waals surface area contributed by atoms with Crippen LogP contribution in [0.3, 0.4) is 0 Å². The third-order valence-electron chi connectivity index (χ3n) is 1.99. The van der Waals surface area contributed by atoms with E-state index in [2.05, 4.69) is 0 Å². The molecule has 0 N–H and O–H groups in total. The minimum Gasteiger partial charge on any atom is -0.377 e. The molecule has 64 valence electrons. The molecule has 0 aromatic carbocycles. The Balaban J connectivity index is 2.29. The van der Waals surface area contributed by atoms with Gasteiger partial charge in [0.25, 0.3) is 0 Å². The number of hydrogen-bond donors (Lipinski definition) is 0. The lowest BCUT2D eigenvalue weighted by Gasteiger charge is -2.13. The predicted molar refractivity (Wildman–Crippen MR) is 42.3 cm³/mol. The quantitative estimate of drug-likeness (QED) is 0.589. The summed E-state index contributed by atoms with van der Waals surface area (Å²) in [6.07, 6.45) is 1.27. The van der Waals surface area contributed by atoms with E-state index in [0.717, 1.165) is 26.1 Å². The summed E-state index contributed by atoms with van der Waals surface area (Å²) in [6, 6.07) is 0. The van der Waals surface area contributed by atoms with Crippen molar-refractivity contribution < 1.29 is 9.53 Å². The average molecular weight is 157 g/mol. The number of carbonyl (C=O) groups excluding carboxylic acids is 1. The van der Waals surface area contributed by atoms with E-state index < -0.39 is 0 Å². The Hall–Kier alpha value is -0.570. The summed E-state index contributed by atoms with van der Waals surface area (Å²) < 4.78 is 5.39. The fourth-order valence-electron chi connectivity index (χ4n) is 1.39. The van der Waals surface area contributed by atoms with Crippen molar-refractivity contribution >= 4 is 5.91 Å². The number of ether oxygens (including phenoxy) is 1. The molecule has 0 bridgehead atoms. The molecule has 0 spiro atoms. The Morgan fingerprint density at radius 1 is 1.73 bits per heavy atom. The number of rotatable bonds is 2. The van der Waals surface area contributed by atoms with Crippen molar-refractivity contribution in [1.29, 1.82) is 0 Å². The zero-order valence-corrected chi connectivity index (χ0v) is 7.17. The Labute approximate surface area is 67.3 Å². The van der Waals surface area contributed by atoms with Crippen molar-refractivity contribution in [2.24, 2.45) is 0 Å². The Kier molecular flexibility index (Phi) is 2.88. The molecule has 1 aliphatic heterocycles. The summed E-state index contributed by atoms with van der Waals surface area (Å²) in [6.45, 7) is 5.98. The molecule has 1 amide bonds. The third-order valence-corrected chi connectivity index (χ3v) is 1.99. The van der Waals surface area contributed by atoms with E-state index in [1.807, 2.05) is 11.8 Å². The van der Waals surface area contributed by atoms with Gasteiger partial charge in [-0.2, -0.15) is 0 Å². The van der Waals surface area contributed by atoms with Crippen LogP contribution in [0.1, 0.15) is 20.3 Å². The largest absolute Gasteiger partial charge is 0.377 e. The maximum atomic E-state index is 10.9. The summed E-state index contributed by atoms with van der Waals surface area (Å²) in [5.41, 5.74) is 0. The first kappa shape index (κ1) is 8.53. The van der Waals surface area contributed by atoms with Gasteiger partial charge in [0.2, 0.25) is 5.91 Å². The highest BCUT2D eigenvalue weighted by Crippen LogP contribution is 2.11. The van der Waals surface area contributed by atoms with Gasteiger partial charge < -0.3 is 9.64 Å². The SMILES string of the molecule is CCO[C@@H]1CCN(C(C)=O)C1. The van der Waals surface area contributed by atoms with Crippen molar-refractivity contribution in [3.05, 3.63) is 0 Å². The van der Waals surface area contributed by atoms with E-state index in [4.69, 9.17) is 4.74 Å². The van der Waals surface area contributed by atoms with Crippen LogP contribution in [-0.4, -0.2) is 36.6 Å². The van der Waals surface area contributed by atoms with Gasteiger partial charge in [-0.1, -0.05) is 0 Å². The summed E-state index contributed by atoms with van der Waals surface area (Å²) in [4.78, 5) is 12.7. The molecule has 3 nitrogen and oxygen atoms in total. The monoisotopic (exact) mass is 157 g/mol. The Morgan fingerprint density at radius 2 is 2.45 bits per heavy atom. The molecule has 3 heteroatoms. The molecule has 0 saturated carbocycles. The lowest BCUT2D eigenvalue weighted by atomic mass is 10.3. The molecular weight excluding hydrogens is 142 g/mol. The molecule has 1 fully saturated rings. The smallest absolute Gasteiger partial charge is 0.219 e. The highest BCUT2D eigenvalue weighted by molar-refractivity contribution is 5.73. The van der Waals surface area contributed by atoms with Gasteiger partial charge in [-0.05, 0) is 13.3 Å². The molecule has 11 heavy (non-hydrogen) atoms. The maximum absolute atomic E-state index is 10.9. The predicted octanol–water partition coefficient (Wildman–Crippen LogP) is 0.644. The standard InChI is InChI=1S/C8H15NO2/c1-3-11-8-4-5-9(6-8)7(2)10/h8H,3-6H2,1-2H3/t8-/m1/s1. The molecule has 0 radical (unpaired) electrons. The van der Waals surface area contributed by atoms with Crippen LogP contribution < -0.4 is 0 Å². The van der Waals surface area contributed by atoms with Gasteiger partial charge in [0.1, 0.15) is 0 Å². The van der Waals surface area contributed by atoms with E-state index in [9.17, 15) is 4.79 Å². The molecule has 0 unspecified atom stereocenters. The van der Waals surface area contributed by atoms with Gasteiger partial charge in [-0.3, -0.25) is 4.79 Å². The van der Waals surface area contributed by atoms with Gasteiger partial charge in [0.15, 0.2) is 0 Å². The summed E-state index contributed by atoms with van der Waals surface area (Å²) in [7, 11) is 0. The van der Waals surface area contributed by atoms with Gasteiger partial charge in [0.05, 0.1) is 6.10 Å². The van der Waals surface area contributed by atoms with Crippen LogP contribution in [0.2, 0.25) is 0 Å². The van der Waals surface area contributed by atoms with E-state index in [1.165, 1.54) is 0 Å². The van der Waals surface area contributed by atoms with Crippen LogP contribution in [0.25, 0.3) is 0 Å². The number of nitrogens with zero attached hydrogens (tertiary/aromatic N) is 1. The van der Waals surface area contributed by atoms with Crippen LogP contribution in [-0.2, 0) is 9.53 Å². The van der Waals surface area contributed by atoms with Crippen molar-refractivity contribution in [3.8, 4) is 0 Å². The normalized spacial score (nSPS) is 24.2. The highest BCUT2D eigenvalue weighted by atomic mass is 16.5. The molecule has 0 aromatic heterocycles. The van der Waals surface area contributed by atoms with Crippen LogP contribution in [0.15, 0.2) is 0 Å². The molecular formula is C8H15NO2. The molecule has 1 heterocycles. The number of amides is 1. The molecule has 1 aliphatic rings. The fourth-order valence-corrected chi connectivity index (χ4v) is 1.39. The third kappa shape index (κ3) is 2.19. The molecule has 0 aromatic rings. The van der Waals surface area contributed by atoms with E-state index in [-0.39, 0.29) is 12.0 Å². The minimum absolute atomic E-state index is 0.159. The first-order chi connectivity index (χ1) is 5.24. The zero-order valence-electron chi connectivity index (χ0n) is 7.17. The number of carbonyl (C=O) groups is 1. The summed E-state index contributed by atoms with van der Waals surface area (Å²) in [5.74, 6) is 0.159. The van der Waals surface area contributed by atoms with Gasteiger partial charge in [-0.15, -0.1) is 0 Å². The second kappa shape index (κ2) is 3.72. The first-order valence-electron chi connectivity index (χ1n) is 4.11. The second-order valence-electron chi connectivity index (χ2n) is 2.83. The van der Waals surface area contributed by atoms with Gasteiger partial charge >= 0.3 is 0 Å². The van der Waals surface area contributed by atoms with Crippen molar-refractivity contribution in [2.75, 3.05) is 19.7 Å². The first-order valence-corrected chi connectivity index (χ1v) is 4.11. The van der Waals surface area contributed by atoms with Crippen molar-refractivity contribution in [1.82, 2.24) is 4.90 Å². The van der Waals surface area contributed by atoms with Gasteiger partial charge in [0, 0.05) is 26.6 Å². The maximum Gasteiger partial charge on any atom is 0.219 e. The molecule has 1 rings (SSSR count). The van der Waals surface area contributed by atoms with Crippen LogP contribution in [0.5, 0.6) is 0 Å². The van der Waals surface area contributed by atoms with E-state index in [1.54, 1.807) is 6.92 Å². The number of hydrogen-bond acceptors (Lipinski definition) is 2. The van der Waals surface area contributed by atoms with E-state index >= 15 is 0 Å². The van der Waals surface area contributed by atoms with E-state index in [0.29, 0.717) is 0 Å². The lowest BCUT2D eigenvalue weighted by molar-refractivity contribution is -0.128. The van der Waals surface area contributed by atoms with Crippen LogP contribution in [0, 0.1) is 0 Å².